The Bertz CT molecular complexity index is 438. The summed E-state index contributed by atoms with van der Waals surface area (Å²) in [7, 11) is 0. The number of Topliss-reactive ketones (excluding diaryl/α,β-unsaturated/α-hetero) is 1. The summed E-state index contributed by atoms with van der Waals surface area (Å²) in [4.78, 5) is 25.6. The van der Waals surface area contributed by atoms with E-state index < -0.39 is 0 Å². The zero-order chi connectivity index (χ0) is 14.2. The Hall–Kier alpha value is -1.68. The molecule has 1 saturated heterocycles. The highest BCUT2D eigenvalue weighted by atomic mass is 16.5. The molecule has 1 aromatic rings. The number of hydrogen-bond donors (Lipinski definition) is 0. The van der Waals surface area contributed by atoms with Crippen molar-refractivity contribution in [2.24, 2.45) is 0 Å². The summed E-state index contributed by atoms with van der Waals surface area (Å²) in [6.45, 7) is 2.67. The number of hydrogen-bond acceptors (Lipinski definition) is 3. The van der Waals surface area contributed by atoms with Gasteiger partial charge in [0.2, 0.25) is 5.91 Å². The number of carbonyl (C=O) groups excluding carboxylic acids is 2. The second-order valence-electron chi connectivity index (χ2n) is 4.99. The normalized spacial score (nSPS) is 15.1. The van der Waals surface area contributed by atoms with Crippen molar-refractivity contribution in [2.45, 2.75) is 25.7 Å². The van der Waals surface area contributed by atoms with Gasteiger partial charge in [-0.3, -0.25) is 9.59 Å². The highest BCUT2D eigenvalue weighted by Crippen LogP contribution is 2.09. The van der Waals surface area contributed by atoms with Gasteiger partial charge in [-0.1, -0.05) is 30.3 Å². The molecule has 0 radical (unpaired) electrons. The van der Waals surface area contributed by atoms with Gasteiger partial charge >= 0.3 is 0 Å². The fourth-order valence-corrected chi connectivity index (χ4v) is 2.30. The second kappa shape index (κ2) is 7.80. The standard InChI is InChI=1S/C16H21NO3/c18-15(14-6-2-1-3-7-14)8-4-5-9-16(19)17-10-12-20-13-11-17/h1-3,6-7H,4-5,8-13H2. The third kappa shape index (κ3) is 4.46. The molecule has 20 heavy (non-hydrogen) atoms. The Morgan fingerprint density at radius 2 is 1.65 bits per heavy atom. The molecule has 0 unspecified atom stereocenters. The monoisotopic (exact) mass is 275 g/mol. The average Bonchev–Trinajstić information content (AvgIpc) is 2.53. The van der Waals surface area contributed by atoms with Crippen LogP contribution in [0, 0.1) is 0 Å². The van der Waals surface area contributed by atoms with Crippen LogP contribution in [0.15, 0.2) is 30.3 Å². The molecule has 0 bridgehead atoms. The minimum Gasteiger partial charge on any atom is -0.378 e. The summed E-state index contributed by atoms with van der Waals surface area (Å²) < 4.78 is 5.22. The predicted octanol–water partition coefficient (Wildman–Crippen LogP) is 2.29. The summed E-state index contributed by atoms with van der Waals surface area (Å²) in [5, 5.41) is 0. The largest absolute Gasteiger partial charge is 0.378 e. The van der Waals surface area contributed by atoms with Crippen molar-refractivity contribution in [3.05, 3.63) is 35.9 Å². The number of unbranched alkanes of at least 4 members (excludes halogenated alkanes) is 1. The number of carbonyl (C=O) groups is 2. The van der Waals surface area contributed by atoms with E-state index in [0.717, 1.165) is 18.4 Å². The van der Waals surface area contributed by atoms with Crippen LogP contribution in [-0.2, 0) is 9.53 Å². The van der Waals surface area contributed by atoms with Crippen molar-refractivity contribution >= 4 is 11.7 Å². The maximum atomic E-state index is 11.9. The molecule has 1 aromatic carbocycles. The molecule has 4 heteroatoms. The molecule has 0 N–H and O–H groups in total. The van der Waals surface area contributed by atoms with E-state index in [1.807, 2.05) is 35.2 Å². The van der Waals surface area contributed by atoms with Crippen LogP contribution < -0.4 is 0 Å². The van der Waals surface area contributed by atoms with Crippen molar-refractivity contribution in [3.8, 4) is 0 Å². The molecule has 0 aliphatic carbocycles. The lowest BCUT2D eigenvalue weighted by Gasteiger charge is -2.26. The maximum absolute atomic E-state index is 11.9. The van der Waals surface area contributed by atoms with Gasteiger partial charge in [-0.25, -0.2) is 0 Å². The Kier molecular flexibility index (Phi) is 5.74. The molecule has 0 aromatic heterocycles. The van der Waals surface area contributed by atoms with E-state index in [0.29, 0.717) is 39.1 Å². The van der Waals surface area contributed by atoms with Crippen molar-refractivity contribution in [1.29, 1.82) is 0 Å². The van der Waals surface area contributed by atoms with Gasteiger partial charge in [0, 0.05) is 31.5 Å². The summed E-state index contributed by atoms with van der Waals surface area (Å²) in [5.74, 6) is 0.338. The number of rotatable bonds is 6. The third-order valence-corrected chi connectivity index (χ3v) is 3.50. The first kappa shape index (κ1) is 14.7. The predicted molar refractivity (Wildman–Crippen MR) is 76.6 cm³/mol. The zero-order valence-corrected chi connectivity index (χ0v) is 11.7. The fraction of sp³-hybridized carbons (Fsp3) is 0.500. The Morgan fingerprint density at radius 3 is 2.35 bits per heavy atom. The van der Waals surface area contributed by atoms with E-state index in [4.69, 9.17) is 4.74 Å². The smallest absolute Gasteiger partial charge is 0.222 e. The highest BCUT2D eigenvalue weighted by Gasteiger charge is 2.16. The Labute approximate surface area is 119 Å². The molecule has 1 heterocycles. The van der Waals surface area contributed by atoms with Gasteiger partial charge in [-0.05, 0) is 12.8 Å². The fourth-order valence-electron chi connectivity index (χ4n) is 2.30. The molecule has 1 aliphatic rings. The minimum absolute atomic E-state index is 0.157. The number of amides is 1. The molecular formula is C16H21NO3. The highest BCUT2D eigenvalue weighted by molar-refractivity contribution is 5.95. The first-order valence-electron chi connectivity index (χ1n) is 7.21. The molecule has 0 atom stereocenters. The maximum Gasteiger partial charge on any atom is 0.222 e. The van der Waals surface area contributed by atoms with Crippen LogP contribution >= 0.6 is 0 Å². The molecule has 1 aliphatic heterocycles. The first-order chi connectivity index (χ1) is 9.77. The summed E-state index contributed by atoms with van der Waals surface area (Å²) in [6.07, 6.45) is 2.58. The molecule has 108 valence electrons. The SMILES string of the molecule is O=C(CCCCC(=O)N1CCOCC1)c1ccccc1. The van der Waals surface area contributed by atoms with Crippen molar-refractivity contribution < 1.29 is 14.3 Å². The van der Waals surface area contributed by atoms with Gasteiger partial charge in [0.15, 0.2) is 5.78 Å². The van der Waals surface area contributed by atoms with Crippen LogP contribution in [-0.4, -0.2) is 42.9 Å². The van der Waals surface area contributed by atoms with Crippen LogP contribution in [0.1, 0.15) is 36.0 Å². The van der Waals surface area contributed by atoms with Crippen LogP contribution in [0.2, 0.25) is 0 Å². The number of morpholine rings is 1. The number of ether oxygens (including phenoxy) is 1. The van der Waals surface area contributed by atoms with Gasteiger partial charge in [0.25, 0.3) is 0 Å². The number of nitrogens with zero attached hydrogens (tertiary/aromatic N) is 1. The van der Waals surface area contributed by atoms with E-state index in [9.17, 15) is 9.59 Å². The number of benzene rings is 1. The average molecular weight is 275 g/mol. The lowest BCUT2D eigenvalue weighted by atomic mass is 10.0. The van der Waals surface area contributed by atoms with E-state index >= 15 is 0 Å². The van der Waals surface area contributed by atoms with Gasteiger partial charge < -0.3 is 9.64 Å². The zero-order valence-electron chi connectivity index (χ0n) is 11.7. The second-order valence-corrected chi connectivity index (χ2v) is 4.99. The minimum atomic E-state index is 0.157. The van der Waals surface area contributed by atoms with Gasteiger partial charge in [0.05, 0.1) is 13.2 Å². The van der Waals surface area contributed by atoms with E-state index in [-0.39, 0.29) is 11.7 Å². The summed E-state index contributed by atoms with van der Waals surface area (Å²) >= 11 is 0. The molecule has 0 spiro atoms. The third-order valence-electron chi connectivity index (χ3n) is 3.50. The lowest BCUT2D eigenvalue weighted by molar-refractivity contribution is -0.135. The van der Waals surface area contributed by atoms with Gasteiger partial charge in [0.1, 0.15) is 0 Å². The van der Waals surface area contributed by atoms with Crippen LogP contribution in [0.25, 0.3) is 0 Å². The van der Waals surface area contributed by atoms with Crippen LogP contribution in [0.3, 0.4) is 0 Å². The van der Waals surface area contributed by atoms with Crippen molar-refractivity contribution in [2.75, 3.05) is 26.3 Å². The van der Waals surface area contributed by atoms with Crippen molar-refractivity contribution in [1.82, 2.24) is 4.90 Å². The lowest BCUT2D eigenvalue weighted by Crippen LogP contribution is -2.40. The molecule has 1 fully saturated rings. The number of ketones is 1. The summed E-state index contributed by atoms with van der Waals surface area (Å²) in [6, 6.07) is 9.31. The van der Waals surface area contributed by atoms with Crippen LogP contribution in [0.4, 0.5) is 0 Å². The van der Waals surface area contributed by atoms with Gasteiger partial charge in [-0.2, -0.15) is 0 Å². The van der Waals surface area contributed by atoms with E-state index in [1.54, 1.807) is 0 Å². The quantitative estimate of drug-likeness (QED) is 0.591. The molecule has 4 nitrogen and oxygen atoms in total. The summed E-state index contributed by atoms with van der Waals surface area (Å²) in [5.41, 5.74) is 0.756. The van der Waals surface area contributed by atoms with Crippen LogP contribution in [0.5, 0.6) is 0 Å². The first-order valence-corrected chi connectivity index (χ1v) is 7.21. The molecule has 2 rings (SSSR count). The molecule has 0 saturated carbocycles. The Balaban J connectivity index is 1.64. The Morgan fingerprint density at radius 1 is 1.00 bits per heavy atom. The molecule has 1 amide bonds. The van der Waals surface area contributed by atoms with Gasteiger partial charge in [-0.15, -0.1) is 0 Å². The van der Waals surface area contributed by atoms with Crippen molar-refractivity contribution in [3.63, 3.8) is 0 Å². The van der Waals surface area contributed by atoms with E-state index in [2.05, 4.69) is 0 Å². The topological polar surface area (TPSA) is 46.6 Å². The van der Waals surface area contributed by atoms with E-state index in [1.165, 1.54) is 0 Å². The molecular weight excluding hydrogens is 254 g/mol.